The highest BCUT2D eigenvalue weighted by atomic mass is 16.3. The number of hydrogen-bond acceptors (Lipinski definition) is 3. The van der Waals surface area contributed by atoms with Gasteiger partial charge in [-0.1, -0.05) is 11.3 Å². The second-order valence-corrected chi connectivity index (χ2v) is 3.49. The summed E-state index contributed by atoms with van der Waals surface area (Å²) in [6.45, 7) is 0. The van der Waals surface area contributed by atoms with Crippen molar-refractivity contribution in [1.29, 1.82) is 0 Å². The lowest BCUT2D eigenvalue weighted by molar-refractivity contribution is 0.652. The van der Waals surface area contributed by atoms with Gasteiger partial charge in [0.2, 0.25) is 0 Å². The molecule has 0 N–H and O–H groups in total. The fourth-order valence-electron chi connectivity index (χ4n) is 1.79. The van der Waals surface area contributed by atoms with E-state index >= 15 is 0 Å². The molecule has 1 aliphatic carbocycles. The highest BCUT2D eigenvalue weighted by Crippen LogP contribution is 2.27. The molecule has 0 saturated carbocycles. The van der Waals surface area contributed by atoms with Crippen molar-refractivity contribution in [2.24, 2.45) is 5.18 Å². The third kappa shape index (κ3) is 1.87. The molecule has 1 aromatic rings. The van der Waals surface area contributed by atoms with Gasteiger partial charge in [-0.3, -0.25) is 4.98 Å². The van der Waals surface area contributed by atoms with Gasteiger partial charge in [-0.25, -0.2) is 0 Å². The summed E-state index contributed by atoms with van der Waals surface area (Å²) in [5.74, 6) is 0. The Bertz CT molecular complexity index is 346. The molecule has 0 spiro atoms. The van der Waals surface area contributed by atoms with E-state index in [-0.39, 0.29) is 6.04 Å². The summed E-state index contributed by atoms with van der Waals surface area (Å²) in [4.78, 5) is 14.4. The SMILES string of the molecule is O=NC1C=C(c2ccncc2)CCC1. The van der Waals surface area contributed by atoms with E-state index < -0.39 is 0 Å². The van der Waals surface area contributed by atoms with Crippen molar-refractivity contribution >= 4 is 5.57 Å². The Morgan fingerprint density at radius 1 is 1.36 bits per heavy atom. The first kappa shape index (κ1) is 9.06. The molecule has 1 heterocycles. The molecular weight excluding hydrogens is 176 g/mol. The molecule has 3 nitrogen and oxygen atoms in total. The van der Waals surface area contributed by atoms with Crippen LogP contribution >= 0.6 is 0 Å². The quantitative estimate of drug-likeness (QED) is 0.670. The molecule has 0 radical (unpaired) electrons. The molecule has 0 saturated heterocycles. The maximum atomic E-state index is 10.4. The van der Waals surface area contributed by atoms with Gasteiger partial charge in [0, 0.05) is 12.4 Å². The number of pyridine rings is 1. The van der Waals surface area contributed by atoms with Crippen molar-refractivity contribution in [2.45, 2.75) is 25.3 Å². The zero-order valence-electron chi connectivity index (χ0n) is 7.89. The highest BCUT2D eigenvalue weighted by molar-refractivity contribution is 5.66. The van der Waals surface area contributed by atoms with Crippen LogP contribution in [0.4, 0.5) is 0 Å². The Hall–Kier alpha value is -1.51. The van der Waals surface area contributed by atoms with Gasteiger partial charge >= 0.3 is 0 Å². The maximum absolute atomic E-state index is 10.4. The lowest BCUT2D eigenvalue weighted by atomic mass is 9.92. The van der Waals surface area contributed by atoms with Crippen LogP contribution in [0.3, 0.4) is 0 Å². The molecule has 72 valence electrons. The topological polar surface area (TPSA) is 42.3 Å². The van der Waals surface area contributed by atoms with Gasteiger partial charge in [-0.2, -0.15) is 4.91 Å². The van der Waals surface area contributed by atoms with Crippen LogP contribution in [0.25, 0.3) is 5.57 Å². The smallest absolute Gasteiger partial charge is 0.111 e. The molecule has 14 heavy (non-hydrogen) atoms. The Balaban J connectivity index is 2.26. The van der Waals surface area contributed by atoms with Gasteiger partial charge in [0.25, 0.3) is 0 Å². The fraction of sp³-hybridized carbons (Fsp3) is 0.364. The zero-order chi connectivity index (χ0) is 9.80. The number of nitroso groups, excluding NO2 is 1. The van der Waals surface area contributed by atoms with Crippen LogP contribution in [0, 0.1) is 4.91 Å². The molecule has 2 rings (SSSR count). The molecule has 0 aliphatic heterocycles. The predicted octanol–water partition coefficient (Wildman–Crippen LogP) is 2.78. The van der Waals surface area contributed by atoms with Crippen molar-refractivity contribution in [2.75, 3.05) is 0 Å². The first-order valence-corrected chi connectivity index (χ1v) is 4.83. The van der Waals surface area contributed by atoms with Crippen LogP contribution in [0.2, 0.25) is 0 Å². The average Bonchev–Trinajstić information content (AvgIpc) is 2.30. The summed E-state index contributed by atoms with van der Waals surface area (Å²) in [6, 6.07) is 3.81. The third-order valence-electron chi connectivity index (χ3n) is 2.53. The Morgan fingerprint density at radius 3 is 2.86 bits per heavy atom. The van der Waals surface area contributed by atoms with Crippen LogP contribution in [0.5, 0.6) is 0 Å². The van der Waals surface area contributed by atoms with Gasteiger partial charge < -0.3 is 0 Å². The summed E-state index contributed by atoms with van der Waals surface area (Å²) in [6.07, 6.45) is 8.49. The van der Waals surface area contributed by atoms with E-state index in [1.807, 2.05) is 18.2 Å². The first-order chi connectivity index (χ1) is 6.90. The van der Waals surface area contributed by atoms with Crippen molar-refractivity contribution in [3.05, 3.63) is 41.1 Å². The van der Waals surface area contributed by atoms with Crippen LogP contribution in [0.15, 0.2) is 35.8 Å². The number of aromatic nitrogens is 1. The molecular formula is C11H12N2O. The number of rotatable bonds is 2. The second kappa shape index (κ2) is 4.13. The highest BCUT2D eigenvalue weighted by Gasteiger charge is 2.14. The standard InChI is InChI=1S/C11H12N2O/c14-13-11-3-1-2-10(8-11)9-4-6-12-7-5-9/h4-8,11H,1-3H2. The van der Waals surface area contributed by atoms with Gasteiger partial charge in [0.05, 0.1) is 0 Å². The van der Waals surface area contributed by atoms with E-state index in [1.165, 1.54) is 5.57 Å². The predicted molar refractivity (Wildman–Crippen MR) is 55.6 cm³/mol. The van der Waals surface area contributed by atoms with E-state index in [9.17, 15) is 4.91 Å². The third-order valence-corrected chi connectivity index (χ3v) is 2.53. The molecule has 1 atom stereocenters. The normalized spacial score (nSPS) is 21.4. The van der Waals surface area contributed by atoms with E-state index in [1.54, 1.807) is 12.4 Å². The number of allylic oxidation sites excluding steroid dienone is 1. The van der Waals surface area contributed by atoms with Crippen LogP contribution in [-0.2, 0) is 0 Å². The van der Waals surface area contributed by atoms with E-state index in [0.29, 0.717) is 0 Å². The van der Waals surface area contributed by atoms with E-state index in [0.717, 1.165) is 24.8 Å². The van der Waals surface area contributed by atoms with Crippen molar-refractivity contribution < 1.29 is 0 Å². The molecule has 1 aromatic heterocycles. The first-order valence-electron chi connectivity index (χ1n) is 4.83. The minimum atomic E-state index is -0.132. The molecule has 0 aromatic carbocycles. The van der Waals surface area contributed by atoms with Gasteiger partial charge in [0.1, 0.15) is 6.04 Å². The largest absolute Gasteiger partial charge is 0.265 e. The molecule has 0 bridgehead atoms. The minimum absolute atomic E-state index is 0.132. The van der Waals surface area contributed by atoms with Crippen LogP contribution < -0.4 is 0 Å². The van der Waals surface area contributed by atoms with E-state index in [4.69, 9.17) is 0 Å². The van der Waals surface area contributed by atoms with Crippen molar-refractivity contribution in [1.82, 2.24) is 4.98 Å². The minimum Gasteiger partial charge on any atom is -0.265 e. The number of hydrogen-bond donors (Lipinski definition) is 0. The molecule has 0 fully saturated rings. The van der Waals surface area contributed by atoms with Crippen LogP contribution in [-0.4, -0.2) is 11.0 Å². The van der Waals surface area contributed by atoms with Gasteiger partial charge in [-0.05, 0) is 42.5 Å². The Kier molecular flexibility index (Phi) is 2.68. The molecule has 1 unspecified atom stereocenters. The number of nitrogens with zero attached hydrogens (tertiary/aromatic N) is 2. The van der Waals surface area contributed by atoms with Crippen molar-refractivity contribution in [3.63, 3.8) is 0 Å². The molecule has 1 aliphatic rings. The summed E-state index contributed by atoms with van der Waals surface area (Å²) in [5, 5.41) is 3.08. The molecule has 3 heteroatoms. The van der Waals surface area contributed by atoms with Gasteiger partial charge in [-0.15, -0.1) is 0 Å². The molecule has 0 amide bonds. The summed E-state index contributed by atoms with van der Waals surface area (Å²) >= 11 is 0. The summed E-state index contributed by atoms with van der Waals surface area (Å²) in [7, 11) is 0. The fourth-order valence-corrected chi connectivity index (χ4v) is 1.79. The average molecular weight is 188 g/mol. The second-order valence-electron chi connectivity index (χ2n) is 3.49. The monoisotopic (exact) mass is 188 g/mol. The van der Waals surface area contributed by atoms with Crippen molar-refractivity contribution in [3.8, 4) is 0 Å². The zero-order valence-corrected chi connectivity index (χ0v) is 7.89. The summed E-state index contributed by atoms with van der Waals surface area (Å²) in [5.41, 5.74) is 2.39. The maximum Gasteiger partial charge on any atom is 0.111 e. The lowest BCUT2D eigenvalue weighted by Crippen LogP contribution is -2.06. The van der Waals surface area contributed by atoms with E-state index in [2.05, 4.69) is 10.2 Å². The Morgan fingerprint density at radius 2 is 2.14 bits per heavy atom. The van der Waals surface area contributed by atoms with Gasteiger partial charge in [0.15, 0.2) is 0 Å². The summed E-state index contributed by atoms with van der Waals surface area (Å²) < 4.78 is 0. The Labute approximate surface area is 82.8 Å². The lowest BCUT2D eigenvalue weighted by Gasteiger charge is -2.15. The van der Waals surface area contributed by atoms with Crippen LogP contribution in [0.1, 0.15) is 24.8 Å².